The number of rotatable bonds is 5. The van der Waals surface area contributed by atoms with Crippen molar-refractivity contribution in [1.82, 2.24) is 0 Å². The van der Waals surface area contributed by atoms with Crippen LogP contribution >= 0.6 is 0 Å². The quantitative estimate of drug-likeness (QED) is 0.657. The first-order valence-electron chi connectivity index (χ1n) is 11.3. The summed E-state index contributed by atoms with van der Waals surface area (Å²) in [6, 6.07) is 11.6. The predicted molar refractivity (Wildman–Crippen MR) is 124 cm³/mol. The second-order valence-electron chi connectivity index (χ2n) is 8.98. The number of alkyl halides is 3. The number of hydrogen-bond donors (Lipinski definition) is 1. The molecule has 34 heavy (non-hydrogen) atoms. The second kappa shape index (κ2) is 9.54. The van der Waals surface area contributed by atoms with E-state index in [2.05, 4.69) is 0 Å². The summed E-state index contributed by atoms with van der Waals surface area (Å²) in [5, 5.41) is 0. The third-order valence-electron chi connectivity index (χ3n) is 6.66. The summed E-state index contributed by atoms with van der Waals surface area (Å²) in [5.74, 6) is -1.80. The molecule has 2 aliphatic rings. The lowest BCUT2D eigenvalue weighted by molar-refractivity contribution is -0.138. The normalized spacial score (nSPS) is 23.8. The molecule has 2 aromatic rings. The van der Waals surface area contributed by atoms with Crippen molar-refractivity contribution in [1.29, 1.82) is 0 Å². The zero-order valence-electron chi connectivity index (χ0n) is 18.5. The maximum absolute atomic E-state index is 14.2. The smallest absolute Gasteiger partial charge is 0.328 e. The number of anilines is 1. The molecule has 0 unspecified atom stereocenters. The second-order valence-corrected chi connectivity index (χ2v) is 11.0. The largest absolute Gasteiger partial charge is 0.416 e. The summed E-state index contributed by atoms with van der Waals surface area (Å²) < 4.78 is 68.7. The van der Waals surface area contributed by atoms with E-state index in [9.17, 15) is 26.4 Å². The van der Waals surface area contributed by atoms with Gasteiger partial charge in [0.1, 0.15) is 0 Å². The number of sulfone groups is 1. The fourth-order valence-corrected chi connectivity index (χ4v) is 6.72. The fourth-order valence-electron chi connectivity index (χ4n) is 5.03. The van der Waals surface area contributed by atoms with E-state index < -0.39 is 33.4 Å². The first kappa shape index (κ1) is 24.5. The van der Waals surface area contributed by atoms with Gasteiger partial charge in [-0.05, 0) is 73.4 Å². The Morgan fingerprint density at radius 1 is 1.06 bits per heavy atom. The molecule has 0 saturated heterocycles. The Balaban J connectivity index is 1.71. The lowest BCUT2D eigenvalue weighted by Gasteiger charge is -2.36. The number of nitrogens with zero attached hydrogens (tertiary/aromatic N) is 1. The third kappa shape index (κ3) is 5.20. The van der Waals surface area contributed by atoms with Gasteiger partial charge >= 0.3 is 6.18 Å². The maximum atomic E-state index is 14.2. The molecule has 2 aromatic carbocycles. The number of hydrogen-bond acceptors (Lipinski definition) is 4. The highest BCUT2D eigenvalue weighted by Crippen LogP contribution is 2.45. The molecular formula is C25H27F3N2O3S. The van der Waals surface area contributed by atoms with Crippen molar-refractivity contribution >= 4 is 21.4 Å². The highest BCUT2D eigenvalue weighted by molar-refractivity contribution is 7.91. The first-order valence-corrected chi connectivity index (χ1v) is 12.9. The Bertz CT molecular complexity index is 1180. The highest BCUT2D eigenvalue weighted by Gasteiger charge is 2.41. The number of nitrogens with two attached hydrogens (primary N) is 1. The average molecular weight is 493 g/mol. The van der Waals surface area contributed by atoms with Crippen molar-refractivity contribution < 1.29 is 26.4 Å². The molecule has 0 aromatic heterocycles. The molecular weight excluding hydrogens is 465 g/mol. The van der Waals surface area contributed by atoms with Gasteiger partial charge in [0.15, 0.2) is 9.84 Å². The Morgan fingerprint density at radius 2 is 1.79 bits per heavy atom. The molecule has 0 radical (unpaired) electrons. The summed E-state index contributed by atoms with van der Waals surface area (Å²) in [5.41, 5.74) is 5.54. The molecule has 1 aliphatic heterocycles. The lowest BCUT2D eigenvalue weighted by Crippen LogP contribution is -2.37. The SMILES string of the molecule is N[C@@H]1CC[C@H](c2ccc(N3CCC=CC3=O)cc2C(F)(F)F)[C@@H](CS(=O)(=O)c2ccccc2)C1. The van der Waals surface area contributed by atoms with E-state index in [4.69, 9.17) is 5.73 Å². The van der Waals surface area contributed by atoms with Gasteiger partial charge in [-0.2, -0.15) is 13.2 Å². The summed E-state index contributed by atoms with van der Waals surface area (Å²) in [6.45, 7) is 0.308. The average Bonchev–Trinajstić information content (AvgIpc) is 2.79. The van der Waals surface area contributed by atoms with Crippen LogP contribution in [-0.4, -0.2) is 32.7 Å². The van der Waals surface area contributed by atoms with Gasteiger partial charge in [0.2, 0.25) is 0 Å². The topological polar surface area (TPSA) is 80.5 Å². The Kier molecular flexibility index (Phi) is 6.87. The monoisotopic (exact) mass is 492 g/mol. The molecule has 0 spiro atoms. The summed E-state index contributed by atoms with van der Waals surface area (Å²) in [4.78, 5) is 13.7. The number of amides is 1. The zero-order chi connectivity index (χ0) is 24.5. The van der Waals surface area contributed by atoms with E-state index >= 15 is 0 Å². The van der Waals surface area contributed by atoms with Crippen LogP contribution in [0.15, 0.2) is 65.6 Å². The van der Waals surface area contributed by atoms with Crippen molar-refractivity contribution in [3.63, 3.8) is 0 Å². The van der Waals surface area contributed by atoms with Crippen LogP contribution in [-0.2, 0) is 20.8 Å². The maximum Gasteiger partial charge on any atom is 0.416 e. The molecule has 9 heteroatoms. The van der Waals surface area contributed by atoms with Gasteiger partial charge in [-0.3, -0.25) is 4.79 Å². The van der Waals surface area contributed by atoms with E-state index in [1.807, 2.05) is 0 Å². The van der Waals surface area contributed by atoms with Crippen molar-refractivity contribution in [2.24, 2.45) is 11.7 Å². The summed E-state index contributed by atoms with van der Waals surface area (Å²) in [7, 11) is -3.70. The summed E-state index contributed by atoms with van der Waals surface area (Å²) in [6.07, 6.45) is 0.173. The summed E-state index contributed by atoms with van der Waals surface area (Å²) >= 11 is 0. The minimum Gasteiger partial charge on any atom is -0.328 e. The number of carbonyl (C=O) groups excluding carboxylic acids is 1. The molecule has 0 bridgehead atoms. The van der Waals surface area contributed by atoms with Crippen LogP contribution in [0.25, 0.3) is 0 Å². The third-order valence-corrected chi connectivity index (χ3v) is 8.52. The molecule has 182 valence electrons. The van der Waals surface area contributed by atoms with Crippen molar-refractivity contribution in [3.05, 3.63) is 71.8 Å². The fraction of sp³-hybridized carbons (Fsp3) is 0.400. The van der Waals surface area contributed by atoms with Crippen molar-refractivity contribution in [3.8, 4) is 0 Å². The van der Waals surface area contributed by atoms with Crippen LogP contribution in [0.4, 0.5) is 18.9 Å². The molecule has 4 rings (SSSR count). The van der Waals surface area contributed by atoms with Crippen LogP contribution in [0.5, 0.6) is 0 Å². The van der Waals surface area contributed by atoms with Crippen LogP contribution < -0.4 is 10.6 Å². The van der Waals surface area contributed by atoms with E-state index in [1.165, 1.54) is 35.2 Å². The van der Waals surface area contributed by atoms with Crippen LogP contribution in [0.2, 0.25) is 0 Å². The van der Waals surface area contributed by atoms with Gasteiger partial charge in [0.25, 0.3) is 5.91 Å². The standard InChI is InChI=1S/C25H27F3N2O3S/c26-25(27,28)23-15-19(30-13-5-4-8-24(30)31)10-12-22(23)21-11-9-18(29)14-17(21)16-34(32,33)20-6-2-1-3-7-20/h1-4,6-8,10,12,15,17-18,21H,5,9,11,13-14,16,29H2/t17-,18-,21+/m1/s1. The Hall–Kier alpha value is -2.65. The van der Waals surface area contributed by atoms with Crippen LogP contribution in [0, 0.1) is 5.92 Å². The number of benzene rings is 2. The van der Waals surface area contributed by atoms with Gasteiger partial charge < -0.3 is 10.6 Å². The molecule has 5 nitrogen and oxygen atoms in total. The minimum atomic E-state index is -4.65. The predicted octanol–water partition coefficient (Wildman–Crippen LogP) is 4.68. The molecule has 2 N–H and O–H groups in total. The Labute approximate surface area is 197 Å². The van der Waals surface area contributed by atoms with Crippen molar-refractivity contribution in [2.75, 3.05) is 17.2 Å². The van der Waals surface area contributed by atoms with E-state index in [1.54, 1.807) is 24.3 Å². The number of carbonyl (C=O) groups is 1. The highest BCUT2D eigenvalue weighted by atomic mass is 32.2. The van der Waals surface area contributed by atoms with Gasteiger partial charge in [0.05, 0.1) is 16.2 Å². The molecule has 1 aliphatic carbocycles. The molecule has 1 saturated carbocycles. The van der Waals surface area contributed by atoms with Gasteiger partial charge in [-0.15, -0.1) is 0 Å². The van der Waals surface area contributed by atoms with Gasteiger partial charge in [0, 0.05) is 18.3 Å². The van der Waals surface area contributed by atoms with E-state index in [-0.39, 0.29) is 33.8 Å². The molecule has 1 fully saturated rings. The van der Waals surface area contributed by atoms with Crippen LogP contribution in [0.3, 0.4) is 0 Å². The zero-order valence-corrected chi connectivity index (χ0v) is 19.4. The Morgan fingerprint density at radius 3 is 2.47 bits per heavy atom. The lowest BCUT2D eigenvalue weighted by atomic mass is 9.73. The number of halogens is 3. The minimum absolute atomic E-state index is 0.0661. The van der Waals surface area contributed by atoms with Gasteiger partial charge in [-0.1, -0.05) is 30.3 Å². The van der Waals surface area contributed by atoms with E-state index in [0.717, 1.165) is 6.07 Å². The first-order chi connectivity index (χ1) is 16.1. The van der Waals surface area contributed by atoms with E-state index in [0.29, 0.717) is 32.2 Å². The molecule has 1 heterocycles. The molecule has 3 atom stereocenters. The van der Waals surface area contributed by atoms with Crippen LogP contribution in [0.1, 0.15) is 42.7 Å². The molecule has 1 amide bonds. The van der Waals surface area contributed by atoms with Gasteiger partial charge in [-0.25, -0.2) is 8.42 Å². The van der Waals surface area contributed by atoms with Crippen molar-refractivity contribution in [2.45, 2.75) is 48.7 Å².